The zero-order valence-corrected chi connectivity index (χ0v) is 16.3. The van der Waals surface area contributed by atoms with Gasteiger partial charge in [0.25, 0.3) is 0 Å². The molecule has 3 nitrogen and oxygen atoms in total. The number of aromatic amines is 1. The van der Waals surface area contributed by atoms with Gasteiger partial charge in [-0.1, -0.05) is 66.2 Å². The SMILES string of the molecule is Cc1ccc(F)c([C@@H](CC(=O)NCc2ccccc2)c2c[nH]c3ccccc23)c1. The van der Waals surface area contributed by atoms with Gasteiger partial charge in [0.15, 0.2) is 0 Å². The number of benzene rings is 3. The molecule has 1 heterocycles. The molecule has 4 heteroatoms. The molecule has 0 spiro atoms. The third-order valence-corrected chi connectivity index (χ3v) is 5.25. The molecule has 0 unspecified atom stereocenters. The molecule has 146 valence electrons. The number of H-pyrrole nitrogens is 1. The fourth-order valence-corrected chi connectivity index (χ4v) is 3.75. The van der Waals surface area contributed by atoms with E-state index in [9.17, 15) is 9.18 Å². The summed E-state index contributed by atoms with van der Waals surface area (Å²) in [7, 11) is 0. The molecular weight excluding hydrogens is 363 g/mol. The summed E-state index contributed by atoms with van der Waals surface area (Å²) in [6.07, 6.45) is 2.07. The van der Waals surface area contributed by atoms with Crippen LogP contribution in [-0.4, -0.2) is 10.9 Å². The van der Waals surface area contributed by atoms with E-state index in [1.165, 1.54) is 6.07 Å². The van der Waals surface area contributed by atoms with E-state index in [2.05, 4.69) is 10.3 Å². The van der Waals surface area contributed by atoms with Gasteiger partial charge in [0.05, 0.1) is 0 Å². The van der Waals surface area contributed by atoms with E-state index in [1.54, 1.807) is 6.07 Å². The average Bonchev–Trinajstić information content (AvgIpc) is 3.17. The molecule has 4 aromatic rings. The molecule has 0 aliphatic rings. The summed E-state index contributed by atoms with van der Waals surface area (Å²) in [5.74, 6) is -0.770. The van der Waals surface area contributed by atoms with Crippen LogP contribution in [0.2, 0.25) is 0 Å². The molecule has 2 N–H and O–H groups in total. The number of nitrogens with one attached hydrogen (secondary N) is 2. The van der Waals surface area contributed by atoms with Crippen LogP contribution in [0.4, 0.5) is 4.39 Å². The third-order valence-electron chi connectivity index (χ3n) is 5.25. The van der Waals surface area contributed by atoms with Crippen LogP contribution in [0.25, 0.3) is 10.9 Å². The first-order valence-corrected chi connectivity index (χ1v) is 9.74. The van der Waals surface area contributed by atoms with Gasteiger partial charge < -0.3 is 10.3 Å². The summed E-state index contributed by atoms with van der Waals surface area (Å²) in [6, 6.07) is 22.7. The van der Waals surface area contributed by atoms with Crippen LogP contribution in [0, 0.1) is 12.7 Å². The Morgan fingerprint density at radius 3 is 2.59 bits per heavy atom. The number of para-hydroxylation sites is 1. The van der Waals surface area contributed by atoms with Crippen LogP contribution in [-0.2, 0) is 11.3 Å². The van der Waals surface area contributed by atoms with Gasteiger partial charge in [0, 0.05) is 36.0 Å². The zero-order valence-electron chi connectivity index (χ0n) is 16.3. The van der Waals surface area contributed by atoms with E-state index >= 15 is 0 Å². The van der Waals surface area contributed by atoms with Gasteiger partial charge in [-0.3, -0.25) is 4.79 Å². The van der Waals surface area contributed by atoms with Crippen LogP contribution < -0.4 is 5.32 Å². The molecule has 0 bridgehead atoms. The van der Waals surface area contributed by atoms with Crippen LogP contribution in [0.1, 0.15) is 34.6 Å². The monoisotopic (exact) mass is 386 g/mol. The number of amides is 1. The topological polar surface area (TPSA) is 44.9 Å². The first-order valence-electron chi connectivity index (χ1n) is 9.74. The Hall–Kier alpha value is -3.40. The van der Waals surface area contributed by atoms with Crippen LogP contribution in [0.15, 0.2) is 79.0 Å². The van der Waals surface area contributed by atoms with Crippen molar-refractivity contribution < 1.29 is 9.18 Å². The molecule has 3 aromatic carbocycles. The third kappa shape index (κ3) is 4.21. The number of halogens is 1. The molecule has 4 rings (SSSR count). The summed E-state index contributed by atoms with van der Waals surface area (Å²) < 4.78 is 14.8. The molecule has 1 aromatic heterocycles. The summed E-state index contributed by atoms with van der Waals surface area (Å²) in [5.41, 5.74) is 4.46. The van der Waals surface area contributed by atoms with Crippen molar-refractivity contribution >= 4 is 16.8 Å². The molecule has 1 amide bonds. The first-order chi connectivity index (χ1) is 14.1. The van der Waals surface area contributed by atoms with Crippen molar-refractivity contribution in [2.45, 2.75) is 25.8 Å². The van der Waals surface area contributed by atoms with Crippen molar-refractivity contribution in [3.8, 4) is 0 Å². The summed E-state index contributed by atoms with van der Waals surface area (Å²) in [6.45, 7) is 2.39. The van der Waals surface area contributed by atoms with E-state index in [-0.39, 0.29) is 24.1 Å². The van der Waals surface area contributed by atoms with Gasteiger partial charge in [0.2, 0.25) is 5.91 Å². The molecule has 0 radical (unpaired) electrons. The molecule has 0 aliphatic heterocycles. The average molecular weight is 386 g/mol. The van der Waals surface area contributed by atoms with Crippen molar-refractivity contribution in [3.05, 3.63) is 107 Å². The van der Waals surface area contributed by atoms with E-state index in [0.717, 1.165) is 27.6 Å². The van der Waals surface area contributed by atoms with E-state index in [4.69, 9.17) is 0 Å². The van der Waals surface area contributed by atoms with Crippen LogP contribution >= 0.6 is 0 Å². The quantitative estimate of drug-likeness (QED) is 0.454. The zero-order chi connectivity index (χ0) is 20.2. The van der Waals surface area contributed by atoms with Crippen molar-refractivity contribution in [2.24, 2.45) is 0 Å². The fourth-order valence-electron chi connectivity index (χ4n) is 3.75. The maximum atomic E-state index is 14.8. The molecule has 0 aliphatic carbocycles. The van der Waals surface area contributed by atoms with Crippen LogP contribution in [0.5, 0.6) is 0 Å². The van der Waals surface area contributed by atoms with Crippen molar-refractivity contribution in [1.29, 1.82) is 0 Å². The minimum absolute atomic E-state index is 0.106. The number of hydrogen-bond donors (Lipinski definition) is 2. The maximum Gasteiger partial charge on any atom is 0.221 e. The maximum absolute atomic E-state index is 14.8. The number of fused-ring (bicyclic) bond motifs is 1. The summed E-state index contributed by atoms with van der Waals surface area (Å²) >= 11 is 0. The van der Waals surface area contributed by atoms with Crippen molar-refractivity contribution in [3.63, 3.8) is 0 Å². The minimum atomic E-state index is -0.373. The van der Waals surface area contributed by atoms with E-state index in [0.29, 0.717) is 12.1 Å². The summed E-state index contributed by atoms with van der Waals surface area (Å²) in [4.78, 5) is 16.0. The predicted octanol–water partition coefficient (Wildman–Crippen LogP) is 5.45. The van der Waals surface area contributed by atoms with Gasteiger partial charge in [-0.25, -0.2) is 4.39 Å². The lowest BCUT2D eigenvalue weighted by atomic mass is 9.87. The molecule has 0 fully saturated rings. The van der Waals surface area contributed by atoms with Crippen molar-refractivity contribution in [1.82, 2.24) is 10.3 Å². The standard InChI is InChI=1S/C25H23FN2O/c1-17-11-12-23(26)21(13-17)20(22-16-27-24-10-6-5-9-19(22)24)14-25(29)28-15-18-7-3-2-4-8-18/h2-13,16,20,27H,14-15H2,1H3,(H,28,29)/t20-/m1/s1. The van der Waals surface area contributed by atoms with Gasteiger partial charge in [-0.15, -0.1) is 0 Å². The minimum Gasteiger partial charge on any atom is -0.361 e. The molecular formula is C25H23FN2O. The highest BCUT2D eigenvalue weighted by Gasteiger charge is 2.24. The molecule has 0 saturated heterocycles. The Morgan fingerprint density at radius 2 is 1.76 bits per heavy atom. The second-order valence-electron chi connectivity index (χ2n) is 7.33. The van der Waals surface area contributed by atoms with E-state index < -0.39 is 0 Å². The van der Waals surface area contributed by atoms with Crippen molar-refractivity contribution in [2.75, 3.05) is 0 Å². The lowest BCUT2D eigenvalue weighted by molar-refractivity contribution is -0.121. The lowest BCUT2D eigenvalue weighted by Gasteiger charge is -2.18. The number of hydrogen-bond acceptors (Lipinski definition) is 1. The number of rotatable bonds is 6. The first kappa shape index (κ1) is 18.9. The largest absolute Gasteiger partial charge is 0.361 e. The molecule has 1 atom stereocenters. The number of carbonyl (C=O) groups excluding carboxylic acids is 1. The van der Waals surface area contributed by atoms with Crippen LogP contribution in [0.3, 0.4) is 0 Å². The Labute approximate surface area is 169 Å². The second-order valence-corrected chi connectivity index (χ2v) is 7.33. The van der Waals surface area contributed by atoms with Gasteiger partial charge in [-0.05, 0) is 35.7 Å². The highest BCUT2D eigenvalue weighted by molar-refractivity contribution is 5.86. The lowest BCUT2D eigenvalue weighted by Crippen LogP contribution is -2.25. The molecule has 0 saturated carbocycles. The molecule has 29 heavy (non-hydrogen) atoms. The summed E-state index contributed by atoms with van der Waals surface area (Å²) in [5, 5.41) is 3.98. The Bertz CT molecular complexity index is 1130. The Balaban J connectivity index is 1.65. The van der Waals surface area contributed by atoms with Gasteiger partial charge in [-0.2, -0.15) is 0 Å². The second kappa shape index (κ2) is 8.31. The fraction of sp³-hybridized carbons (Fsp3) is 0.160. The highest BCUT2D eigenvalue weighted by Crippen LogP contribution is 2.35. The van der Waals surface area contributed by atoms with Gasteiger partial charge >= 0.3 is 0 Å². The van der Waals surface area contributed by atoms with E-state index in [1.807, 2.05) is 73.8 Å². The highest BCUT2D eigenvalue weighted by atomic mass is 19.1. The number of carbonyl (C=O) groups is 1. The smallest absolute Gasteiger partial charge is 0.221 e. The predicted molar refractivity (Wildman–Crippen MR) is 114 cm³/mol. The number of aryl methyl sites for hydroxylation is 1. The normalized spacial score (nSPS) is 12.1. The number of aromatic nitrogens is 1. The Morgan fingerprint density at radius 1 is 1.00 bits per heavy atom. The Kier molecular flexibility index (Phi) is 5.43. The van der Waals surface area contributed by atoms with Gasteiger partial charge in [0.1, 0.15) is 5.82 Å².